The zero-order valence-corrected chi connectivity index (χ0v) is 12.6. The van der Waals surface area contributed by atoms with E-state index in [1.54, 1.807) is 19.9 Å². The molecular formula is C17H26FNO. The molecule has 1 fully saturated rings. The number of halogens is 1. The fourth-order valence-corrected chi connectivity index (χ4v) is 3.50. The van der Waals surface area contributed by atoms with Gasteiger partial charge in [-0.2, -0.15) is 0 Å². The smallest absolute Gasteiger partial charge is 0.126 e. The molecule has 1 aromatic carbocycles. The predicted molar refractivity (Wildman–Crippen MR) is 79.9 cm³/mol. The van der Waals surface area contributed by atoms with Crippen LogP contribution in [0.2, 0.25) is 0 Å². The van der Waals surface area contributed by atoms with E-state index >= 15 is 0 Å². The molecule has 1 aliphatic rings. The Morgan fingerprint density at radius 3 is 2.35 bits per heavy atom. The van der Waals surface area contributed by atoms with E-state index in [2.05, 4.69) is 0 Å². The van der Waals surface area contributed by atoms with Crippen LogP contribution >= 0.6 is 0 Å². The average molecular weight is 279 g/mol. The molecular weight excluding hydrogens is 253 g/mol. The van der Waals surface area contributed by atoms with Crippen molar-refractivity contribution in [2.24, 2.45) is 11.1 Å². The van der Waals surface area contributed by atoms with Crippen LogP contribution < -0.4 is 5.73 Å². The van der Waals surface area contributed by atoms with Crippen LogP contribution in [-0.4, -0.2) is 11.7 Å². The summed E-state index contributed by atoms with van der Waals surface area (Å²) < 4.78 is 13.8. The highest BCUT2D eigenvalue weighted by molar-refractivity contribution is 5.29. The maximum absolute atomic E-state index is 13.8. The lowest BCUT2D eigenvalue weighted by atomic mass is 9.65. The summed E-state index contributed by atoms with van der Waals surface area (Å²) in [6.45, 7) is 3.98. The van der Waals surface area contributed by atoms with Crippen molar-refractivity contribution in [3.05, 3.63) is 35.1 Å². The maximum Gasteiger partial charge on any atom is 0.126 e. The Morgan fingerprint density at radius 1 is 1.25 bits per heavy atom. The second-order valence-electron chi connectivity index (χ2n) is 6.43. The minimum atomic E-state index is -1.08. The van der Waals surface area contributed by atoms with E-state index in [0.717, 1.165) is 25.7 Å². The number of hydrogen-bond acceptors (Lipinski definition) is 2. The second kappa shape index (κ2) is 5.82. The first kappa shape index (κ1) is 15.5. The van der Waals surface area contributed by atoms with Crippen LogP contribution in [0.25, 0.3) is 0 Å². The van der Waals surface area contributed by atoms with E-state index in [1.807, 2.05) is 6.07 Å². The molecule has 0 radical (unpaired) electrons. The lowest BCUT2D eigenvalue weighted by molar-refractivity contribution is -0.0815. The first-order valence-electron chi connectivity index (χ1n) is 7.62. The van der Waals surface area contributed by atoms with Crippen molar-refractivity contribution in [2.75, 3.05) is 6.54 Å². The third-order valence-corrected chi connectivity index (χ3v) is 5.22. The first-order valence-corrected chi connectivity index (χ1v) is 7.62. The summed E-state index contributed by atoms with van der Waals surface area (Å²) in [5.74, 6) is -0.261. The molecule has 1 unspecified atom stereocenters. The summed E-state index contributed by atoms with van der Waals surface area (Å²) >= 11 is 0. The van der Waals surface area contributed by atoms with Gasteiger partial charge >= 0.3 is 0 Å². The van der Waals surface area contributed by atoms with Gasteiger partial charge in [-0.05, 0) is 43.9 Å². The van der Waals surface area contributed by atoms with Crippen LogP contribution in [0, 0.1) is 18.2 Å². The van der Waals surface area contributed by atoms with E-state index in [0.29, 0.717) is 17.7 Å². The second-order valence-corrected chi connectivity index (χ2v) is 6.43. The van der Waals surface area contributed by atoms with Crippen LogP contribution in [0.5, 0.6) is 0 Å². The van der Waals surface area contributed by atoms with E-state index in [4.69, 9.17) is 5.73 Å². The average Bonchev–Trinajstić information content (AvgIpc) is 2.68. The number of benzene rings is 1. The Balaban J connectivity index is 2.41. The minimum Gasteiger partial charge on any atom is -0.385 e. The van der Waals surface area contributed by atoms with Crippen LogP contribution in [0.3, 0.4) is 0 Å². The van der Waals surface area contributed by atoms with Gasteiger partial charge in [-0.3, -0.25) is 0 Å². The van der Waals surface area contributed by atoms with E-state index in [9.17, 15) is 9.50 Å². The van der Waals surface area contributed by atoms with Crippen molar-refractivity contribution in [3.8, 4) is 0 Å². The van der Waals surface area contributed by atoms with Gasteiger partial charge in [0.1, 0.15) is 5.82 Å². The van der Waals surface area contributed by atoms with Crippen LogP contribution in [0.1, 0.15) is 56.6 Å². The van der Waals surface area contributed by atoms with Crippen molar-refractivity contribution in [3.63, 3.8) is 0 Å². The van der Waals surface area contributed by atoms with Gasteiger partial charge in [0, 0.05) is 12.0 Å². The summed E-state index contributed by atoms with van der Waals surface area (Å²) in [5.41, 5.74) is 5.87. The molecule has 112 valence electrons. The highest BCUT2D eigenvalue weighted by atomic mass is 19.1. The number of nitrogens with two attached hydrogens (primary N) is 1. The molecule has 1 atom stereocenters. The maximum atomic E-state index is 13.8. The number of rotatable bonds is 3. The van der Waals surface area contributed by atoms with E-state index in [1.165, 1.54) is 18.9 Å². The molecule has 0 spiro atoms. The summed E-state index contributed by atoms with van der Waals surface area (Å²) in [6, 6.07) is 5.04. The molecule has 0 aromatic heterocycles. The molecule has 1 aliphatic carbocycles. The summed E-state index contributed by atoms with van der Waals surface area (Å²) in [6.07, 6.45) is 6.38. The first-order chi connectivity index (χ1) is 9.43. The van der Waals surface area contributed by atoms with Gasteiger partial charge < -0.3 is 10.8 Å². The van der Waals surface area contributed by atoms with Gasteiger partial charge in [0.2, 0.25) is 0 Å². The number of hydrogen-bond donors (Lipinski definition) is 2. The summed E-state index contributed by atoms with van der Waals surface area (Å²) in [7, 11) is 0. The van der Waals surface area contributed by atoms with Crippen molar-refractivity contribution in [1.82, 2.24) is 0 Å². The highest BCUT2D eigenvalue weighted by Crippen LogP contribution is 2.48. The third kappa shape index (κ3) is 2.61. The molecule has 1 saturated carbocycles. The Labute approximate surface area is 121 Å². The van der Waals surface area contributed by atoms with Gasteiger partial charge in [-0.1, -0.05) is 37.8 Å². The standard InChI is InChI=1S/C17H26FNO/c1-13-7-8-14(11-15(13)18)16(2,20)17(12-19)9-5-3-4-6-10-17/h7-8,11,20H,3-6,9-10,12,19H2,1-2H3. The zero-order valence-electron chi connectivity index (χ0n) is 12.6. The van der Waals surface area contributed by atoms with Gasteiger partial charge in [-0.25, -0.2) is 4.39 Å². The topological polar surface area (TPSA) is 46.2 Å². The Morgan fingerprint density at radius 2 is 1.85 bits per heavy atom. The van der Waals surface area contributed by atoms with Gasteiger partial charge in [0.05, 0.1) is 5.60 Å². The fourth-order valence-electron chi connectivity index (χ4n) is 3.50. The number of aryl methyl sites for hydroxylation is 1. The molecule has 2 nitrogen and oxygen atoms in total. The molecule has 0 bridgehead atoms. The largest absolute Gasteiger partial charge is 0.385 e. The molecule has 0 amide bonds. The molecule has 0 heterocycles. The third-order valence-electron chi connectivity index (χ3n) is 5.22. The lowest BCUT2D eigenvalue weighted by Crippen LogP contribution is -2.48. The van der Waals surface area contributed by atoms with E-state index in [-0.39, 0.29) is 11.2 Å². The SMILES string of the molecule is Cc1ccc(C(C)(O)C2(CN)CCCCCC2)cc1F. The summed E-state index contributed by atoms with van der Waals surface area (Å²) in [4.78, 5) is 0. The highest BCUT2D eigenvalue weighted by Gasteiger charge is 2.47. The van der Waals surface area contributed by atoms with Crippen LogP contribution in [0.4, 0.5) is 4.39 Å². The van der Waals surface area contributed by atoms with Gasteiger partial charge in [-0.15, -0.1) is 0 Å². The van der Waals surface area contributed by atoms with Crippen LogP contribution in [-0.2, 0) is 5.60 Å². The van der Waals surface area contributed by atoms with Crippen molar-refractivity contribution in [1.29, 1.82) is 0 Å². The normalized spacial score (nSPS) is 22.1. The van der Waals surface area contributed by atoms with Crippen molar-refractivity contribution in [2.45, 2.75) is 58.0 Å². The van der Waals surface area contributed by atoms with Crippen molar-refractivity contribution >= 4 is 0 Å². The number of aliphatic hydroxyl groups is 1. The minimum absolute atomic E-state index is 0.261. The van der Waals surface area contributed by atoms with E-state index < -0.39 is 5.60 Å². The Kier molecular flexibility index (Phi) is 4.50. The van der Waals surface area contributed by atoms with Gasteiger partial charge in [0.15, 0.2) is 0 Å². The lowest BCUT2D eigenvalue weighted by Gasteiger charge is -2.45. The Bertz CT molecular complexity index is 462. The Hall–Kier alpha value is -0.930. The molecule has 3 heteroatoms. The quantitative estimate of drug-likeness (QED) is 0.830. The molecule has 0 saturated heterocycles. The predicted octanol–water partition coefficient (Wildman–Crippen LogP) is 3.64. The molecule has 0 aliphatic heterocycles. The fraction of sp³-hybridized carbons (Fsp3) is 0.647. The molecule has 1 aromatic rings. The van der Waals surface area contributed by atoms with Crippen LogP contribution in [0.15, 0.2) is 18.2 Å². The van der Waals surface area contributed by atoms with Crippen molar-refractivity contribution < 1.29 is 9.50 Å². The summed E-state index contributed by atoms with van der Waals surface area (Å²) in [5, 5.41) is 11.2. The molecule has 2 rings (SSSR count). The molecule has 20 heavy (non-hydrogen) atoms. The van der Waals surface area contributed by atoms with Gasteiger partial charge in [0.25, 0.3) is 0 Å². The zero-order chi connectivity index (χ0) is 14.8. The monoisotopic (exact) mass is 279 g/mol. The molecule has 3 N–H and O–H groups in total.